The van der Waals surface area contributed by atoms with E-state index in [1.54, 1.807) is 42.5 Å². The summed E-state index contributed by atoms with van der Waals surface area (Å²) >= 11 is 0. The Morgan fingerprint density at radius 3 is 2.41 bits per heavy atom. The summed E-state index contributed by atoms with van der Waals surface area (Å²) in [5.41, 5.74) is 2.28. The Bertz CT molecular complexity index is 1420. The van der Waals surface area contributed by atoms with Crippen molar-refractivity contribution in [1.29, 1.82) is 0 Å². The standard InChI is InChI=1S/C24H25N3O5S2/c1-3-32-21-12-8-10-19(16-21)24-17-23(18-9-7-11-20(15-18)26-33(2,28)29)25-27(24)34(30,31)22-13-5-4-6-14-22/h4-16,24,26H,3,17H2,1-2H3/t24-/m1/s1. The van der Waals surface area contributed by atoms with Gasteiger partial charge in [0.15, 0.2) is 0 Å². The second-order valence-electron chi connectivity index (χ2n) is 7.82. The van der Waals surface area contributed by atoms with Crippen molar-refractivity contribution in [2.45, 2.75) is 24.3 Å². The van der Waals surface area contributed by atoms with E-state index < -0.39 is 26.1 Å². The molecular weight excluding hydrogens is 474 g/mol. The minimum atomic E-state index is -3.95. The normalized spacial score (nSPS) is 16.2. The molecule has 0 spiro atoms. The van der Waals surface area contributed by atoms with E-state index in [0.717, 1.165) is 16.2 Å². The number of nitrogens with zero attached hydrogens (tertiary/aromatic N) is 2. The largest absolute Gasteiger partial charge is 0.494 e. The van der Waals surface area contributed by atoms with Crippen LogP contribution in [0, 0.1) is 0 Å². The monoisotopic (exact) mass is 499 g/mol. The van der Waals surface area contributed by atoms with Gasteiger partial charge in [0.1, 0.15) is 5.75 Å². The van der Waals surface area contributed by atoms with Gasteiger partial charge in [-0.3, -0.25) is 4.72 Å². The molecule has 4 rings (SSSR count). The molecule has 1 aliphatic rings. The molecule has 0 amide bonds. The number of hydrogen-bond donors (Lipinski definition) is 1. The van der Waals surface area contributed by atoms with Gasteiger partial charge < -0.3 is 4.74 Å². The van der Waals surface area contributed by atoms with Gasteiger partial charge in [0.25, 0.3) is 10.0 Å². The zero-order valence-corrected chi connectivity index (χ0v) is 20.4. The van der Waals surface area contributed by atoms with Crippen molar-refractivity contribution in [2.24, 2.45) is 5.10 Å². The number of nitrogens with one attached hydrogen (secondary N) is 1. The SMILES string of the molecule is CCOc1cccc([C@H]2CC(c3cccc(NS(C)(=O)=O)c3)=NN2S(=O)(=O)c2ccccc2)c1. The first kappa shape index (κ1) is 23.8. The molecule has 1 atom stereocenters. The molecule has 0 radical (unpaired) electrons. The number of hydrazone groups is 1. The average Bonchev–Trinajstić information content (AvgIpc) is 3.26. The van der Waals surface area contributed by atoms with Crippen molar-refractivity contribution in [3.63, 3.8) is 0 Å². The maximum absolute atomic E-state index is 13.6. The molecule has 1 heterocycles. The lowest BCUT2D eigenvalue weighted by Gasteiger charge is -2.23. The molecule has 34 heavy (non-hydrogen) atoms. The van der Waals surface area contributed by atoms with Crippen LogP contribution < -0.4 is 9.46 Å². The van der Waals surface area contributed by atoms with Crippen LogP contribution in [-0.2, 0) is 20.0 Å². The topological polar surface area (TPSA) is 105 Å². The lowest BCUT2D eigenvalue weighted by atomic mass is 9.99. The zero-order chi connectivity index (χ0) is 24.3. The van der Waals surface area contributed by atoms with Crippen LogP contribution in [0.1, 0.15) is 30.5 Å². The predicted molar refractivity (Wildman–Crippen MR) is 132 cm³/mol. The van der Waals surface area contributed by atoms with Crippen LogP contribution in [0.5, 0.6) is 5.75 Å². The van der Waals surface area contributed by atoms with Crippen LogP contribution in [-0.4, -0.2) is 39.8 Å². The first-order valence-corrected chi connectivity index (χ1v) is 14.0. The molecule has 0 saturated heterocycles. The van der Waals surface area contributed by atoms with E-state index in [1.807, 2.05) is 31.2 Å². The lowest BCUT2D eigenvalue weighted by molar-refractivity contribution is 0.336. The van der Waals surface area contributed by atoms with Gasteiger partial charge >= 0.3 is 0 Å². The number of hydrogen-bond acceptors (Lipinski definition) is 6. The van der Waals surface area contributed by atoms with Crippen LogP contribution in [0.25, 0.3) is 0 Å². The summed E-state index contributed by atoms with van der Waals surface area (Å²) < 4.78 is 59.6. The molecule has 1 N–H and O–H groups in total. The maximum atomic E-state index is 13.6. The van der Waals surface area contributed by atoms with E-state index in [-0.39, 0.29) is 4.90 Å². The lowest BCUT2D eigenvalue weighted by Crippen LogP contribution is -2.27. The summed E-state index contributed by atoms with van der Waals surface area (Å²) in [5.74, 6) is 0.643. The van der Waals surface area contributed by atoms with Gasteiger partial charge in [-0.15, -0.1) is 0 Å². The second kappa shape index (κ2) is 9.47. The molecule has 10 heteroatoms. The average molecular weight is 500 g/mol. The number of rotatable bonds is 8. The maximum Gasteiger partial charge on any atom is 0.279 e. The molecule has 1 aliphatic heterocycles. The third-order valence-corrected chi connectivity index (χ3v) is 7.52. The molecule has 0 aromatic heterocycles. The van der Waals surface area contributed by atoms with Crippen molar-refractivity contribution >= 4 is 31.4 Å². The molecule has 0 aliphatic carbocycles. The minimum absolute atomic E-state index is 0.137. The van der Waals surface area contributed by atoms with Gasteiger partial charge in [0.05, 0.1) is 29.5 Å². The molecule has 8 nitrogen and oxygen atoms in total. The summed E-state index contributed by atoms with van der Waals surface area (Å²) in [6.07, 6.45) is 1.38. The van der Waals surface area contributed by atoms with Crippen molar-refractivity contribution in [1.82, 2.24) is 4.41 Å². The summed E-state index contributed by atoms with van der Waals surface area (Å²) in [6.45, 7) is 2.37. The van der Waals surface area contributed by atoms with E-state index in [2.05, 4.69) is 9.82 Å². The number of anilines is 1. The highest BCUT2D eigenvalue weighted by Crippen LogP contribution is 2.38. The Kier molecular flexibility index (Phi) is 6.63. The van der Waals surface area contributed by atoms with Gasteiger partial charge in [-0.05, 0) is 54.4 Å². The molecule has 0 unspecified atom stereocenters. The third kappa shape index (κ3) is 5.23. The molecule has 3 aromatic rings. The molecule has 3 aromatic carbocycles. The highest BCUT2D eigenvalue weighted by molar-refractivity contribution is 7.92. The molecular formula is C24H25N3O5S2. The third-order valence-electron chi connectivity index (χ3n) is 5.21. The van der Waals surface area contributed by atoms with E-state index in [0.29, 0.717) is 35.7 Å². The molecule has 0 bridgehead atoms. The van der Waals surface area contributed by atoms with Crippen LogP contribution >= 0.6 is 0 Å². The van der Waals surface area contributed by atoms with Crippen LogP contribution in [0.15, 0.2) is 88.9 Å². The number of sulfonamides is 2. The van der Waals surface area contributed by atoms with E-state index >= 15 is 0 Å². The van der Waals surface area contributed by atoms with Crippen LogP contribution in [0.4, 0.5) is 5.69 Å². The van der Waals surface area contributed by atoms with Gasteiger partial charge in [-0.1, -0.05) is 42.5 Å². The Morgan fingerprint density at radius 1 is 0.971 bits per heavy atom. The summed E-state index contributed by atoms with van der Waals surface area (Å²) in [4.78, 5) is 0.137. The number of ether oxygens (including phenoxy) is 1. The fourth-order valence-corrected chi connectivity index (χ4v) is 5.80. The molecule has 178 valence electrons. The molecule has 0 saturated carbocycles. The summed E-state index contributed by atoms with van der Waals surface area (Å²) in [5, 5.41) is 4.52. The zero-order valence-electron chi connectivity index (χ0n) is 18.7. The van der Waals surface area contributed by atoms with E-state index in [1.165, 1.54) is 12.1 Å². The smallest absolute Gasteiger partial charge is 0.279 e. The Balaban J connectivity index is 1.78. The van der Waals surface area contributed by atoms with Gasteiger partial charge in [0, 0.05) is 12.1 Å². The minimum Gasteiger partial charge on any atom is -0.494 e. The Labute approximate surface area is 200 Å². The Hall–Kier alpha value is -3.37. The van der Waals surface area contributed by atoms with Gasteiger partial charge in [-0.25, -0.2) is 8.42 Å². The van der Waals surface area contributed by atoms with Crippen molar-refractivity contribution in [3.05, 3.63) is 90.0 Å². The first-order valence-electron chi connectivity index (χ1n) is 10.7. The summed E-state index contributed by atoms with van der Waals surface area (Å²) in [7, 11) is -7.41. The molecule has 0 fully saturated rings. The highest BCUT2D eigenvalue weighted by Gasteiger charge is 2.38. The van der Waals surface area contributed by atoms with Crippen molar-refractivity contribution < 1.29 is 21.6 Å². The quantitative estimate of drug-likeness (QED) is 0.504. The fourth-order valence-electron chi connectivity index (χ4n) is 3.79. The van der Waals surface area contributed by atoms with E-state index in [4.69, 9.17) is 4.74 Å². The van der Waals surface area contributed by atoms with Crippen LogP contribution in [0.3, 0.4) is 0 Å². The number of benzene rings is 3. The van der Waals surface area contributed by atoms with Crippen LogP contribution in [0.2, 0.25) is 0 Å². The fraction of sp³-hybridized carbons (Fsp3) is 0.208. The second-order valence-corrected chi connectivity index (χ2v) is 11.4. The Morgan fingerprint density at radius 2 is 1.71 bits per heavy atom. The first-order chi connectivity index (χ1) is 16.2. The summed E-state index contributed by atoms with van der Waals surface area (Å²) in [6, 6.07) is 21.6. The van der Waals surface area contributed by atoms with Crippen molar-refractivity contribution in [2.75, 3.05) is 17.6 Å². The van der Waals surface area contributed by atoms with Gasteiger partial charge in [0.2, 0.25) is 10.0 Å². The predicted octanol–water partition coefficient (Wildman–Crippen LogP) is 4.00. The van der Waals surface area contributed by atoms with Crippen molar-refractivity contribution in [3.8, 4) is 5.75 Å². The van der Waals surface area contributed by atoms with Gasteiger partial charge in [-0.2, -0.15) is 17.9 Å². The highest BCUT2D eigenvalue weighted by atomic mass is 32.2. The van der Waals surface area contributed by atoms with E-state index in [9.17, 15) is 16.8 Å².